The molecule has 0 saturated carbocycles. The maximum absolute atomic E-state index is 12.1. The van der Waals surface area contributed by atoms with E-state index in [-0.39, 0.29) is 11.9 Å². The van der Waals surface area contributed by atoms with Crippen LogP contribution in [0.15, 0.2) is 18.2 Å². The zero-order valence-electron chi connectivity index (χ0n) is 10.7. The molecule has 5 heteroatoms. The minimum absolute atomic E-state index is 0.0119. The molecule has 0 radical (unpaired) electrons. The normalized spacial score (nSPS) is 18.7. The van der Waals surface area contributed by atoms with Crippen LogP contribution in [0.25, 0.3) is 0 Å². The highest BCUT2D eigenvalue weighted by Gasteiger charge is 2.23. The lowest BCUT2D eigenvalue weighted by Gasteiger charge is -2.20. The summed E-state index contributed by atoms with van der Waals surface area (Å²) in [5, 5.41) is 6.76. The number of benzene rings is 1. The number of halogens is 1. The second-order valence-electron chi connectivity index (χ2n) is 4.67. The monoisotopic (exact) mass is 267 g/mol. The molecule has 1 aliphatic rings. The third-order valence-electron chi connectivity index (χ3n) is 3.07. The molecule has 1 aromatic rings. The fourth-order valence-corrected chi connectivity index (χ4v) is 2.54. The van der Waals surface area contributed by atoms with Crippen molar-refractivity contribution in [3.8, 4) is 0 Å². The summed E-state index contributed by atoms with van der Waals surface area (Å²) in [5.41, 5.74) is 1.59. The van der Waals surface area contributed by atoms with Crippen LogP contribution in [0.4, 0.5) is 11.4 Å². The number of carbonyl (C=O) groups excluding carboxylic acids is 1. The van der Waals surface area contributed by atoms with E-state index in [0.717, 1.165) is 30.8 Å². The highest BCUT2D eigenvalue weighted by molar-refractivity contribution is 6.34. The van der Waals surface area contributed by atoms with Crippen molar-refractivity contribution in [2.75, 3.05) is 30.9 Å². The molecule has 2 N–H and O–H groups in total. The lowest BCUT2D eigenvalue weighted by atomic mass is 10.2. The number of nitrogens with zero attached hydrogens (tertiary/aromatic N) is 1. The fraction of sp³-hybridized carbons (Fsp3) is 0.462. The van der Waals surface area contributed by atoms with Gasteiger partial charge in [-0.25, -0.2) is 0 Å². The number of para-hydroxylation sites is 1. The Hall–Kier alpha value is -1.26. The van der Waals surface area contributed by atoms with Gasteiger partial charge >= 0.3 is 0 Å². The summed E-state index contributed by atoms with van der Waals surface area (Å²) >= 11 is 6.16. The third-order valence-corrected chi connectivity index (χ3v) is 3.37. The van der Waals surface area contributed by atoms with Gasteiger partial charge in [0.05, 0.1) is 22.4 Å². The maximum Gasteiger partial charge on any atom is 0.241 e. The van der Waals surface area contributed by atoms with E-state index in [1.165, 1.54) is 0 Å². The molecule has 1 fully saturated rings. The molecule has 1 saturated heterocycles. The van der Waals surface area contributed by atoms with Crippen LogP contribution < -0.4 is 15.5 Å². The number of nitrogens with one attached hydrogen (secondary N) is 2. The molecule has 1 unspecified atom stereocenters. The number of carbonyl (C=O) groups is 1. The molecule has 1 atom stereocenters. The molecule has 18 heavy (non-hydrogen) atoms. The first-order valence-electron chi connectivity index (χ1n) is 6.09. The van der Waals surface area contributed by atoms with Crippen molar-refractivity contribution in [1.82, 2.24) is 5.32 Å². The molecule has 0 bridgehead atoms. The molecule has 2 rings (SSSR count). The molecule has 1 aliphatic heterocycles. The summed E-state index contributed by atoms with van der Waals surface area (Å²) < 4.78 is 0. The van der Waals surface area contributed by atoms with Crippen LogP contribution in [-0.2, 0) is 4.79 Å². The first kappa shape index (κ1) is 13.2. The molecule has 4 nitrogen and oxygen atoms in total. The molecule has 0 spiro atoms. The molecular weight excluding hydrogens is 250 g/mol. The standard InChI is InChI=1S/C13H18ClN3O/c1-17(2)12-9(14)5-3-6-10(12)16-13(18)11-7-4-8-15-11/h3,5-6,11,15H,4,7-8H2,1-2H3,(H,16,18). The van der Waals surface area contributed by atoms with Gasteiger partial charge in [0.25, 0.3) is 0 Å². The number of hydrogen-bond donors (Lipinski definition) is 2. The summed E-state index contributed by atoms with van der Waals surface area (Å²) in [6, 6.07) is 5.44. The lowest BCUT2D eigenvalue weighted by molar-refractivity contribution is -0.117. The molecule has 98 valence electrons. The SMILES string of the molecule is CN(C)c1c(Cl)cccc1NC(=O)C1CCCN1. The van der Waals surface area contributed by atoms with E-state index in [9.17, 15) is 4.79 Å². The summed E-state index contributed by atoms with van der Waals surface area (Å²) in [6.45, 7) is 0.911. The van der Waals surface area contributed by atoms with Gasteiger partial charge in [0.2, 0.25) is 5.91 Å². The Morgan fingerprint density at radius 3 is 2.89 bits per heavy atom. The Morgan fingerprint density at radius 1 is 1.50 bits per heavy atom. The van der Waals surface area contributed by atoms with Gasteiger partial charge in [0, 0.05) is 14.1 Å². The predicted octanol–water partition coefficient (Wildman–Crippen LogP) is 2.10. The van der Waals surface area contributed by atoms with Crippen molar-refractivity contribution in [3.05, 3.63) is 23.2 Å². The van der Waals surface area contributed by atoms with Crippen molar-refractivity contribution in [1.29, 1.82) is 0 Å². The van der Waals surface area contributed by atoms with Gasteiger partial charge in [-0.15, -0.1) is 0 Å². The summed E-state index contributed by atoms with van der Waals surface area (Å²) in [4.78, 5) is 14.0. The number of amides is 1. The number of anilines is 2. The van der Waals surface area contributed by atoms with Crippen LogP contribution in [0.1, 0.15) is 12.8 Å². The van der Waals surface area contributed by atoms with Crippen LogP contribution in [0.5, 0.6) is 0 Å². The van der Waals surface area contributed by atoms with Gasteiger partial charge in [0.15, 0.2) is 0 Å². The van der Waals surface area contributed by atoms with E-state index in [4.69, 9.17) is 11.6 Å². The van der Waals surface area contributed by atoms with Crippen molar-refractivity contribution < 1.29 is 4.79 Å². The van der Waals surface area contributed by atoms with Crippen molar-refractivity contribution in [3.63, 3.8) is 0 Å². The van der Waals surface area contributed by atoms with Crippen molar-refractivity contribution in [2.45, 2.75) is 18.9 Å². The highest BCUT2D eigenvalue weighted by Crippen LogP contribution is 2.32. The van der Waals surface area contributed by atoms with Gasteiger partial charge < -0.3 is 15.5 Å². The Bertz CT molecular complexity index is 442. The average Bonchev–Trinajstić information content (AvgIpc) is 2.81. The lowest BCUT2D eigenvalue weighted by Crippen LogP contribution is -2.35. The molecule has 1 heterocycles. The quantitative estimate of drug-likeness (QED) is 0.882. The van der Waals surface area contributed by atoms with E-state index < -0.39 is 0 Å². The first-order chi connectivity index (χ1) is 8.59. The summed E-state index contributed by atoms with van der Waals surface area (Å²) in [7, 11) is 3.81. The third kappa shape index (κ3) is 2.76. The van der Waals surface area contributed by atoms with Gasteiger partial charge in [-0.2, -0.15) is 0 Å². The van der Waals surface area contributed by atoms with Crippen LogP contribution >= 0.6 is 11.6 Å². The Morgan fingerprint density at radius 2 is 2.28 bits per heavy atom. The van der Waals surface area contributed by atoms with Gasteiger partial charge in [-0.05, 0) is 31.5 Å². The van der Waals surface area contributed by atoms with Crippen LogP contribution in [-0.4, -0.2) is 32.6 Å². The largest absolute Gasteiger partial charge is 0.375 e. The molecule has 1 aromatic carbocycles. The van der Waals surface area contributed by atoms with E-state index in [1.807, 2.05) is 37.2 Å². The van der Waals surface area contributed by atoms with E-state index >= 15 is 0 Å². The zero-order valence-corrected chi connectivity index (χ0v) is 11.4. The van der Waals surface area contributed by atoms with Gasteiger partial charge in [-0.1, -0.05) is 17.7 Å². The zero-order chi connectivity index (χ0) is 13.1. The van der Waals surface area contributed by atoms with Crippen molar-refractivity contribution >= 4 is 28.9 Å². The van der Waals surface area contributed by atoms with Crippen molar-refractivity contribution in [2.24, 2.45) is 0 Å². The van der Waals surface area contributed by atoms with E-state index in [2.05, 4.69) is 10.6 Å². The second kappa shape index (κ2) is 5.59. The summed E-state index contributed by atoms with van der Waals surface area (Å²) in [6.07, 6.45) is 1.94. The Labute approximate surface area is 112 Å². The smallest absolute Gasteiger partial charge is 0.241 e. The van der Waals surface area contributed by atoms with Gasteiger partial charge in [-0.3, -0.25) is 4.79 Å². The minimum atomic E-state index is -0.0843. The fourth-order valence-electron chi connectivity index (χ4n) is 2.20. The predicted molar refractivity (Wildman–Crippen MR) is 75.4 cm³/mol. The minimum Gasteiger partial charge on any atom is -0.375 e. The topological polar surface area (TPSA) is 44.4 Å². The van der Waals surface area contributed by atoms with Crippen LogP contribution in [0.3, 0.4) is 0 Å². The van der Waals surface area contributed by atoms with Crippen LogP contribution in [0, 0.1) is 0 Å². The number of hydrogen-bond acceptors (Lipinski definition) is 3. The first-order valence-corrected chi connectivity index (χ1v) is 6.47. The van der Waals surface area contributed by atoms with E-state index in [0.29, 0.717) is 5.02 Å². The Kier molecular flexibility index (Phi) is 4.09. The molecule has 0 aromatic heterocycles. The van der Waals surface area contributed by atoms with Gasteiger partial charge in [0.1, 0.15) is 0 Å². The average molecular weight is 268 g/mol. The summed E-state index contributed by atoms with van der Waals surface area (Å²) in [5.74, 6) is 0.0119. The number of rotatable bonds is 3. The second-order valence-corrected chi connectivity index (χ2v) is 5.08. The van der Waals surface area contributed by atoms with E-state index in [1.54, 1.807) is 0 Å². The van der Waals surface area contributed by atoms with Crippen LogP contribution in [0.2, 0.25) is 5.02 Å². The Balaban J connectivity index is 2.18. The highest BCUT2D eigenvalue weighted by atomic mass is 35.5. The maximum atomic E-state index is 12.1. The molecule has 1 amide bonds. The molecular formula is C13H18ClN3O. The molecule has 0 aliphatic carbocycles.